The van der Waals surface area contributed by atoms with E-state index in [1.54, 1.807) is 0 Å². The van der Waals surface area contributed by atoms with Gasteiger partial charge in [0.25, 0.3) is 0 Å². The van der Waals surface area contributed by atoms with E-state index < -0.39 is 0 Å². The van der Waals surface area contributed by atoms with Gasteiger partial charge in [-0.25, -0.2) is 0 Å². The lowest BCUT2D eigenvalue weighted by atomic mass is 9.98. The molecule has 1 saturated heterocycles. The van der Waals surface area contributed by atoms with Crippen LogP contribution in [0.25, 0.3) is 0 Å². The third-order valence-corrected chi connectivity index (χ3v) is 3.85. The number of para-hydroxylation sites is 1. The molecule has 15 heavy (non-hydrogen) atoms. The van der Waals surface area contributed by atoms with Gasteiger partial charge in [0, 0.05) is 15.8 Å². The zero-order valence-corrected chi connectivity index (χ0v) is 11.0. The predicted molar refractivity (Wildman–Crippen MR) is 73.2 cm³/mol. The van der Waals surface area contributed by atoms with Crippen LogP contribution in [-0.2, 0) is 0 Å². The molecule has 0 atom stereocenters. The van der Waals surface area contributed by atoms with Crippen molar-refractivity contribution in [2.24, 2.45) is 5.92 Å². The maximum atomic E-state index is 3.55. The minimum Gasteiger partial charge on any atom is -0.384 e. The van der Waals surface area contributed by atoms with E-state index in [4.69, 9.17) is 0 Å². The standard InChI is InChI=1S/C12H17IN2/c13-11-3-1-2-4-12(11)15-9-10-5-7-14-8-6-10/h1-4,10,14-15H,5-9H2. The maximum absolute atomic E-state index is 3.55. The first-order chi connectivity index (χ1) is 7.36. The molecule has 0 bridgehead atoms. The van der Waals surface area contributed by atoms with Crippen LogP contribution in [0.4, 0.5) is 5.69 Å². The van der Waals surface area contributed by atoms with Gasteiger partial charge in [0.15, 0.2) is 0 Å². The predicted octanol–water partition coefficient (Wildman–Crippen LogP) is 2.70. The lowest BCUT2D eigenvalue weighted by Crippen LogP contribution is -2.31. The largest absolute Gasteiger partial charge is 0.384 e. The van der Waals surface area contributed by atoms with Crippen molar-refractivity contribution in [1.29, 1.82) is 0 Å². The zero-order chi connectivity index (χ0) is 10.5. The Hall–Kier alpha value is -0.290. The van der Waals surface area contributed by atoms with Crippen molar-refractivity contribution in [3.05, 3.63) is 27.8 Å². The van der Waals surface area contributed by atoms with Gasteiger partial charge in [-0.15, -0.1) is 0 Å². The Balaban J connectivity index is 1.84. The molecule has 1 aromatic carbocycles. The molecule has 1 aliphatic rings. The molecule has 2 nitrogen and oxygen atoms in total. The molecule has 0 unspecified atom stereocenters. The topological polar surface area (TPSA) is 24.1 Å². The Kier molecular flexibility index (Phi) is 4.26. The first kappa shape index (κ1) is 11.2. The first-order valence-corrected chi connectivity index (χ1v) is 6.63. The van der Waals surface area contributed by atoms with Gasteiger partial charge in [-0.05, 0) is 66.6 Å². The van der Waals surface area contributed by atoms with Gasteiger partial charge in [0.1, 0.15) is 0 Å². The molecule has 0 saturated carbocycles. The van der Waals surface area contributed by atoms with Gasteiger partial charge in [-0.3, -0.25) is 0 Å². The minimum atomic E-state index is 0.835. The molecular weight excluding hydrogens is 299 g/mol. The molecule has 1 aromatic rings. The highest BCUT2D eigenvalue weighted by Gasteiger charge is 2.12. The van der Waals surface area contributed by atoms with E-state index in [1.165, 1.54) is 35.2 Å². The molecule has 1 heterocycles. The van der Waals surface area contributed by atoms with Crippen LogP contribution in [0.5, 0.6) is 0 Å². The molecule has 2 N–H and O–H groups in total. The van der Waals surface area contributed by atoms with E-state index in [0.717, 1.165) is 12.5 Å². The summed E-state index contributed by atoms with van der Waals surface area (Å²) in [5, 5.41) is 6.94. The molecule has 1 aliphatic heterocycles. The van der Waals surface area contributed by atoms with Crippen LogP contribution in [0, 0.1) is 9.49 Å². The fourth-order valence-electron chi connectivity index (χ4n) is 1.94. The highest BCUT2D eigenvalue weighted by molar-refractivity contribution is 14.1. The van der Waals surface area contributed by atoms with Crippen LogP contribution in [0.3, 0.4) is 0 Å². The van der Waals surface area contributed by atoms with Gasteiger partial charge >= 0.3 is 0 Å². The van der Waals surface area contributed by atoms with Gasteiger partial charge in [0.2, 0.25) is 0 Å². The van der Waals surface area contributed by atoms with Crippen LogP contribution < -0.4 is 10.6 Å². The lowest BCUT2D eigenvalue weighted by molar-refractivity contribution is 0.390. The normalized spacial score (nSPS) is 17.7. The third-order valence-electron chi connectivity index (χ3n) is 2.91. The Morgan fingerprint density at radius 1 is 1.27 bits per heavy atom. The smallest absolute Gasteiger partial charge is 0.0475 e. The monoisotopic (exact) mass is 316 g/mol. The van der Waals surface area contributed by atoms with Crippen LogP contribution in [0.2, 0.25) is 0 Å². The van der Waals surface area contributed by atoms with Gasteiger partial charge in [-0.1, -0.05) is 12.1 Å². The minimum absolute atomic E-state index is 0.835. The van der Waals surface area contributed by atoms with Crippen molar-refractivity contribution in [3.8, 4) is 0 Å². The number of piperidine rings is 1. The summed E-state index contributed by atoms with van der Waals surface area (Å²) in [4.78, 5) is 0. The number of nitrogens with one attached hydrogen (secondary N) is 2. The molecule has 0 aliphatic carbocycles. The van der Waals surface area contributed by atoms with Crippen molar-refractivity contribution in [2.45, 2.75) is 12.8 Å². The summed E-state index contributed by atoms with van der Waals surface area (Å²) in [6.07, 6.45) is 2.60. The fraction of sp³-hybridized carbons (Fsp3) is 0.500. The van der Waals surface area contributed by atoms with Crippen molar-refractivity contribution >= 4 is 28.3 Å². The number of halogens is 1. The van der Waals surface area contributed by atoms with Crippen molar-refractivity contribution in [3.63, 3.8) is 0 Å². The summed E-state index contributed by atoms with van der Waals surface area (Å²) in [6.45, 7) is 3.47. The molecule has 1 fully saturated rings. The second kappa shape index (κ2) is 5.70. The van der Waals surface area contributed by atoms with Crippen LogP contribution >= 0.6 is 22.6 Å². The zero-order valence-electron chi connectivity index (χ0n) is 8.80. The Bertz CT molecular complexity index is 308. The van der Waals surface area contributed by atoms with Crippen molar-refractivity contribution < 1.29 is 0 Å². The average Bonchev–Trinajstić information content (AvgIpc) is 2.29. The fourth-order valence-corrected chi connectivity index (χ4v) is 2.52. The van der Waals surface area contributed by atoms with Gasteiger partial charge < -0.3 is 10.6 Å². The van der Waals surface area contributed by atoms with Crippen molar-refractivity contribution in [1.82, 2.24) is 5.32 Å². The van der Waals surface area contributed by atoms with Crippen LogP contribution in [0.1, 0.15) is 12.8 Å². The van der Waals surface area contributed by atoms with Crippen LogP contribution in [0.15, 0.2) is 24.3 Å². The quantitative estimate of drug-likeness (QED) is 0.838. The second-order valence-corrected chi connectivity index (χ2v) is 5.22. The Morgan fingerprint density at radius 2 is 2.00 bits per heavy atom. The van der Waals surface area contributed by atoms with Crippen molar-refractivity contribution in [2.75, 3.05) is 25.0 Å². The highest BCUT2D eigenvalue weighted by Crippen LogP contribution is 2.19. The average molecular weight is 316 g/mol. The van der Waals surface area contributed by atoms with Gasteiger partial charge in [-0.2, -0.15) is 0 Å². The van der Waals surface area contributed by atoms with E-state index in [1.807, 2.05) is 0 Å². The first-order valence-electron chi connectivity index (χ1n) is 5.55. The number of anilines is 1. The van der Waals surface area contributed by atoms with Crippen LogP contribution in [-0.4, -0.2) is 19.6 Å². The summed E-state index contributed by atoms with van der Waals surface area (Å²) < 4.78 is 1.31. The number of rotatable bonds is 3. The van der Waals surface area contributed by atoms with E-state index in [9.17, 15) is 0 Å². The molecule has 0 aromatic heterocycles. The Morgan fingerprint density at radius 3 is 2.73 bits per heavy atom. The summed E-state index contributed by atoms with van der Waals surface area (Å²) in [6, 6.07) is 8.47. The molecular formula is C12H17IN2. The third kappa shape index (κ3) is 3.34. The second-order valence-electron chi connectivity index (χ2n) is 4.05. The lowest BCUT2D eigenvalue weighted by Gasteiger charge is -2.23. The maximum Gasteiger partial charge on any atom is 0.0475 e. The van der Waals surface area contributed by atoms with E-state index >= 15 is 0 Å². The SMILES string of the molecule is Ic1ccccc1NCC1CCNCC1. The number of benzene rings is 1. The number of hydrogen-bond donors (Lipinski definition) is 2. The molecule has 0 radical (unpaired) electrons. The molecule has 82 valence electrons. The molecule has 2 rings (SSSR count). The highest BCUT2D eigenvalue weighted by atomic mass is 127. The summed E-state index contributed by atoms with van der Waals surface area (Å²) in [5.74, 6) is 0.835. The summed E-state index contributed by atoms with van der Waals surface area (Å²) in [7, 11) is 0. The number of hydrogen-bond acceptors (Lipinski definition) is 2. The van der Waals surface area contributed by atoms with E-state index in [2.05, 4.69) is 57.5 Å². The summed E-state index contributed by atoms with van der Waals surface area (Å²) >= 11 is 2.38. The van der Waals surface area contributed by atoms with E-state index in [-0.39, 0.29) is 0 Å². The summed E-state index contributed by atoms with van der Waals surface area (Å²) in [5.41, 5.74) is 1.27. The molecule has 0 spiro atoms. The van der Waals surface area contributed by atoms with E-state index in [0.29, 0.717) is 0 Å². The Labute approximate surface area is 105 Å². The molecule has 3 heteroatoms. The molecule has 0 amide bonds. The van der Waals surface area contributed by atoms with Gasteiger partial charge in [0.05, 0.1) is 0 Å².